The Balaban J connectivity index is 1.68. The first-order valence-corrected chi connectivity index (χ1v) is 11.0. The molecule has 1 amide bonds. The molecule has 0 unspecified atom stereocenters. The summed E-state index contributed by atoms with van der Waals surface area (Å²) in [7, 11) is 0. The van der Waals surface area contributed by atoms with Gasteiger partial charge in [-0.2, -0.15) is 5.10 Å². The minimum atomic E-state index is -0.398. The molecule has 0 bridgehead atoms. The van der Waals surface area contributed by atoms with E-state index < -0.39 is 5.91 Å². The van der Waals surface area contributed by atoms with Crippen LogP contribution in [0.5, 0.6) is 0 Å². The first-order valence-electron chi connectivity index (χ1n) is 11.0. The Morgan fingerprint density at radius 2 is 1.77 bits per heavy atom. The fraction of sp³-hybridized carbons (Fsp3) is 0.115. The third-order valence-corrected chi connectivity index (χ3v) is 5.85. The SMILES string of the molecule is Cc1ncnc2ccc(-c3cc(-c4cnn(CCC(N)=O)c4)c(N)nc3-c3ccc(F)cc3)cc12. The van der Waals surface area contributed by atoms with Crippen molar-refractivity contribution in [2.75, 3.05) is 5.73 Å². The number of aromatic nitrogens is 5. The van der Waals surface area contributed by atoms with Crippen molar-refractivity contribution >= 4 is 22.6 Å². The van der Waals surface area contributed by atoms with E-state index in [9.17, 15) is 9.18 Å². The fourth-order valence-corrected chi connectivity index (χ4v) is 4.01. The smallest absolute Gasteiger partial charge is 0.219 e. The number of pyridine rings is 1. The topological polar surface area (TPSA) is 126 Å². The van der Waals surface area contributed by atoms with E-state index in [1.165, 1.54) is 12.1 Å². The summed E-state index contributed by atoms with van der Waals surface area (Å²) in [5.41, 5.74) is 17.9. The summed E-state index contributed by atoms with van der Waals surface area (Å²) in [6.07, 6.45) is 5.20. The Morgan fingerprint density at radius 3 is 2.54 bits per heavy atom. The number of rotatable bonds is 6. The van der Waals surface area contributed by atoms with E-state index in [4.69, 9.17) is 16.5 Å². The molecule has 0 fully saturated rings. The number of fused-ring (bicyclic) bond motifs is 1. The van der Waals surface area contributed by atoms with Gasteiger partial charge in [-0.1, -0.05) is 6.07 Å². The van der Waals surface area contributed by atoms with Crippen LogP contribution >= 0.6 is 0 Å². The molecular formula is C26H22FN7O. The largest absolute Gasteiger partial charge is 0.383 e. The lowest BCUT2D eigenvalue weighted by atomic mass is 9.95. The second-order valence-electron chi connectivity index (χ2n) is 8.22. The maximum atomic E-state index is 13.6. The molecular weight excluding hydrogens is 445 g/mol. The zero-order chi connectivity index (χ0) is 24.5. The van der Waals surface area contributed by atoms with Gasteiger partial charge in [0.2, 0.25) is 5.91 Å². The number of amides is 1. The van der Waals surface area contributed by atoms with Gasteiger partial charge in [0.15, 0.2) is 0 Å². The summed E-state index contributed by atoms with van der Waals surface area (Å²) in [4.78, 5) is 24.5. The summed E-state index contributed by atoms with van der Waals surface area (Å²) < 4.78 is 15.3. The Kier molecular flexibility index (Phi) is 5.66. The lowest BCUT2D eigenvalue weighted by Crippen LogP contribution is -2.14. The van der Waals surface area contributed by atoms with Crippen LogP contribution in [0.2, 0.25) is 0 Å². The van der Waals surface area contributed by atoms with Crippen molar-refractivity contribution in [2.24, 2.45) is 5.73 Å². The van der Waals surface area contributed by atoms with Crippen LogP contribution in [0.15, 0.2) is 67.3 Å². The van der Waals surface area contributed by atoms with E-state index in [0.29, 0.717) is 23.6 Å². The summed E-state index contributed by atoms with van der Waals surface area (Å²) in [5, 5.41) is 5.24. The van der Waals surface area contributed by atoms with Crippen LogP contribution in [0.3, 0.4) is 0 Å². The van der Waals surface area contributed by atoms with E-state index in [1.807, 2.05) is 31.2 Å². The Morgan fingerprint density at radius 1 is 1.00 bits per heavy atom. The van der Waals surface area contributed by atoms with Crippen LogP contribution in [-0.2, 0) is 11.3 Å². The summed E-state index contributed by atoms with van der Waals surface area (Å²) >= 11 is 0. The maximum Gasteiger partial charge on any atom is 0.219 e. The standard InChI is InChI=1S/C26H22FN7O/c1-15-20-10-17(4-7-23(20)31-14-30-15)21-11-22(18-12-32-34(13-18)9-8-24(28)35)26(29)33-25(21)16-2-5-19(27)6-3-16/h2-7,10-14H,8-9H2,1H3,(H2,28,35)(H2,29,33). The van der Waals surface area contributed by atoms with Crippen LogP contribution in [0.1, 0.15) is 12.1 Å². The number of nitrogens with zero attached hydrogens (tertiary/aromatic N) is 5. The Labute approximate surface area is 200 Å². The number of anilines is 1. The molecule has 2 aromatic carbocycles. The van der Waals surface area contributed by atoms with E-state index >= 15 is 0 Å². The molecule has 0 radical (unpaired) electrons. The quantitative estimate of drug-likeness (QED) is 0.387. The first-order chi connectivity index (χ1) is 16.9. The fourth-order valence-electron chi connectivity index (χ4n) is 4.01. The highest BCUT2D eigenvalue weighted by Crippen LogP contribution is 2.38. The molecule has 0 spiro atoms. The molecule has 0 saturated carbocycles. The molecule has 4 N–H and O–H groups in total. The van der Waals surface area contributed by atoms with E-state index in [0.717, 1.165) is 38.9 Å². The van der Waals surface area contributed by atoms with Crippen LogP contribution in [-0.4, -0.2) is 30.6 Å². The molecule has 3 aromatic heterocycles. The third kappa shape index (κ3) is 4.43. The average molecular weight is 468 g/mol. The van der Waals surface area contributed by atoms with Gasteiger partial charge < -0.3 is 11.5 Å². The van der Waals surface area contributed by atoms with Crippen molar-refractivity contribution < 1.29 is 9.18 Å². The molecule has 3 heterocycles. The van der Waals surface area contributed by atoms with Crippen molar-refractivity contribution in [2.45, 2.75) is 19.9 Å². The predicted octanol–water partition coefficient (Wildman–Crippen LogP) is 4.13. The molecule has 9 heteroatoms. The second-order valence-corrected chi connectivity index (χ2v) is 8.22. The molecule has 0 aliphatic heterocycles. The number of benzene rings is 2. The number of nitrogen functional groups attached to an aromatic ring is 1. The van der Waals surface area contributed by atoms with Gasteiger partial charge in [-0.05, 0) is 55.0 Å². The molecule has 5 aromatic rings. The van der Waals surface area contributed by atoms with Gasteiger partial charge in [-0.3, -0.25) is 9.48 Å². The number of carbonyl (C=O) groups excluding carboxylic acids is 1. The van der Waals surface area contributed by atoms with Crippen molar-refractivity contribution in [1.29, 1.82) is 0 Å². The van der Waals surface area contributed by atoms with Gasteiger partial charge >= 0.3 is 0 Å². The normalized spacial score (nSPS) is 11.1. The van der Waals surface area contributed by atoms with Crippen LogP contribution in [0, 0.1) is 12.7 Å². The highest BCUT2D eigenvalue weighted by molar-refractivity contribution is 5.92. The lowest BCUT2D eigenvalue weighted by molar-refractivity contribution is -0.118. The number of carbonyl (C=O) groups is 1. The zero-order valence-corrected chi connectivity index (χ0v) is 18.9. The average Bonchev–Trinajstić information content (AvgIpc) is 3.32. The van der Waals surface area contributed by atoms with Gasteiger partial charge in [-0.15, -0.1) is 0 Å². The molecule has 0 saturated heterocycles. The molecule has 0 aliphatic rings. The predicted molar refractivity (Wildman–Crippen MR) is 132 cm³/mol. The highest BCUT2D eigenvalue weighted by atomic mass is 19.1. The molecule has 174 valence electrons. The first kappa shape index (κ1) is 22.1. The van der Waals surface area contributed by atoms with Crippen molar-refractivity contribution in [3.8, 4) is 33.5 Å². The van der Waals surface area contributed by atoms with E-state index in [-0.39, 0.29) is 12.2 Å². The third-order valence-electron chi connectivity index (χ3n) is 5.85. The number of hydrogen-bond acceptors (Lipinski definition) is 6. The molecule has 0 aliphatic carbocycles. The second kappa shape index (κ2) is 8.94. The Bertz CT molecular complexity index is 1560. The Hall–Kier alpha value is -4.66. The zero-order valence-electron chi connectivity index (χ0n) is 18.9. The monoisotopic (exact) mass is 467 g/mol. The number of aryl methyl sites for hydroxylation is 2. The van der Waals surface area contributed by atoms with Crippen LogP contribution in [0.4, 0.5) is 10.2 Å². The van der Waals surface area contributed by atoms with Crippen LogP contribution in [0.25, 0.3) is 44.4 Å². The lowest BCUT2D eigenvalue weighted by Gasteiger charge is -2.14. The summed E-state index contributed by atoms with van der Waals surface area (Å²) in [5.74, 6) is -0.422. The number of hydrogen-bond donors (Lipinski definition) is 2. The maximum absolute atomic E-state index is 13.6. The van der Waals surface area contributed by atoms with E-state index in [1.54, 1.807) is 35.5 Å². The van der Waals surface area contributed by atoms with Crippen molar-refractivity contribution in [1.82, 2.24) is 24.7 Å². The number of halogens is 1. The van der Waals surface area contributed by atoms with Crippen LogP contribution < -0.4 is 11.5 Å². The molecule has 8 nitrogen and oxygen atoms in total. The minimum absolute atomic E-state index is 0.183. The summed E-state index contributed by atoms with van der Waals surface area (Å²) in [6, 6.07) is 14.0. The van der Waals surface area contributed by atoms with Gasteiger partial charge in [0.1, 0.15) is 18.0 Å². The molecule has 0 atom stereocenters. The molecule has 35 heavy (non-hydrogen) atoms. The van der Waals surface area contributed by atoms with E-state index in [2.05, 4.69) is 15.1 Å². The van der Waals surface area contributed by atoms with Gasteiger partial charge in [0, 0.05) is 52.5 Å². The van der Waals surface area contributed by atoms with Gasteiger partial charge in [0.05, 0.1) is 17.4 Å². The number of nitrogens with two attached hydrogens (primary N) is 2. The minimum Gasteiger partial charge on any atom is -0.383 e. The summed E-state index contributed by atoms with van der Waals surface area (Å²) in [6.45, 7) is 2.30. The highest BCUT2D eigenvalue weighted by Gasteiger charge is 2.17. The van der Waals surface area contributed by atoms with Gasteiger partial charge in [0.25, 0.3) is 0 Å². The van der Waals surface area contributed by atoms with Gasteiger partial charge in [-0.25, -0.2) is 19.3 Å². The number of primary amides is 1. The molecule has 5 rings (SSSR count). The van der Waals surface area contributed by atoms with Crippen molar-refractivity contribution in [3.63, 3.8) is 0 Å². The van der Waals surface area contributed by atoms with Crippen molar-refractivity contribution in [3.05, 3.63) is 78.8 Å².